The SMILES string of the molecule is FC(F)=C(F)C(F)(F)F.[O]. The van der Waals surface area contributed by atoms with Crippen molar-refractivity contribution in [3.63, 3.8) is 0 Å². The van der Waals surface area contributed by atoms with E-state index in [9.17, 15) is 26.3 Å². The van der Waals surface area contributed by atoms with Crippen molar-refractivity contribution in [1.82, 2.24) is 0 Å². The molecular weight excluding hydrogens is 166 g/mol. The molecule has 0 aliphatic carbocycles. The summed E-state index contributed by atoms with van der Waals surface area (Å²) in [6.07, 6.45) is -8.90. The van der Waals surface area contributed by atoms with Crippen molar-refractivity contribution < 1.29 is 31.8 Å². The summed E-state index contributed by atoms with van der Waals surface area (Å²) in [6, 6.07) is 0. The lowest BCUT2D eigenvalue weighted by Gasteiger charge is -1.98. The van der Waals surface area contributed by atoms with Crippen LogP contribution in [0.1, 0.15) is 0 Å². The Kier molecular flexibility index (Phi) is 4.14. The van der Waals surface area contributed by atoms with Crippen molar-refractivity contribution in [3.05, 3.63) is 11.9 Å². The van der Waals surface area contributed by atoms with Crippen molar-refractivity contribution in [1.29, 1.82) is 0 Å². The molecule has 0 fully saturated rings. The highest BCUT2D eigenvalue weighted by Crippen LogP contribution is 2.29. The third kappa shape index (κ3) is 3.33. The van der Waals surface area contributed by atoms with Gasteiger partial charge < -0.3 is 0 Å². The lowest BCUT2D eigenvalue weighted by Crippen LogP contribution is -2.08. The molecule has 0 bridgehead atoms. The van der Waals surface area contributed by atoms with Crippen LogP contribution in [-0.4, -0.2) is 6.18 Å². The number of hydrogen-bond acceptors (Lipinski definition) is 0. The second-order valence-corrected chi connectivity index (χ2v) is 1.07. The van der Waals surface area contributed by atoms with Gasteiger partial charge in [-0.3, -0.25) is 0 Å². The van der Waals surface area contributed by atoms with E-state index in [0.29, 0.717) is 0 Å². The van der Waals surface area contributed by atoms with Gasteiger partial charge in [0.15, 0.2) is 0 Å². The van der Waals surface area contributed by atoms with E-state index in [1.54, 1.807) is 0 Å². The highest BCUT2D eigenvalue weighted by atomic mass is 19.4. The summed E-state index contributed by atoms with van der Waals surface area (Å²) >= 11 is 0. The average Bonchev–Trinajstić information content (AvgIpc) is 1.62. The molecule has 0 saturated carbocycles. The third-order valence-corrected chi connectivity index (χ3v) is 0.415. The molecular formula is C3F6O. The second kappa shape index (κ2) is 3.45. The molecule has 0 aliphatic rings. The molecule has 0 aromatic rings. The van der Waals surface area contributed by atoms with Crippen LogP contribution in [0.15, 0.2) is 11.9 Å². The molecule has 0 unspecified atom stereocenters. The molecule has 0 rings (SSSR count). The first-order valence-corrected chi connectivity index (χ1v) is 1.63. The van der Waals surface area contributed by atoms with Gasteiger partial charge in [0.2, 0.25) is 0 Å². The van der Waals surface area contributed by atoms with E-state index in [4.69, 9.17) is 0 Å². The molecule has 7 heteroatoms. The fourth-order valence-corrected chi connectivity index (χ4v) is 0.107. The van der Waals surface area contributed by atoms with Gasteiger partial charge in [0.1, 0.15) is 0 Å². The minimum Gasteiger partial charge on any atom is -0.196 e. The first kappa shape index (κ1) is 12.0. The van der Waals surface area contributed by atoms with Crippen LogP contribution in [0.3, 0.4) is 0 Å². The Balaban J connectivity index is 0. The van der Waals surface area contributed by atoms with E-state index < -0.39 is 18.1 Å². The van der Waals surface area contributed by atoms with Gasteiger partial charge in [0, 0.05) is 5.48 Å². The summed E-state index contributed by atoms with van der Waals surface area (Å²) in [5.41, 5.74) is 0. The molecule has 0 heterocycles. The monoisotopic (exact) mass is 166 g/mol. The quantitative estimate of drug-likeness (QED) is 0.494. The molecule has 0 spiro atoms. The van der Waals surface area contributed by atoms with E-state index in [0.717, 1.165) is 0 Å². The van der Waals surface area contributed by atoms with Crippen LogP contribution < -0.4 is 0 Å². The van der Waals surface area contributed by atoms with Gasteiger partial charge in [-0.1, -0.05) is 0 Å². The number of alkyl halides is 3. The zero-order chi connectivity index (χ0) is 7.65. The summed E-state index contributed by atoms with van der Waals surface area (Å²) < 4.78 is 64.8. The van der Waals surface area contributed by atoms with Crippen LogP contribution in [-0.2, 0) is 5.48 Å². The summed E-state index contributed by atoms with van der Waals surface area (Å²) in [7, 11) is 0. The van der Waals surface area contributed by atoms with Crippen molar-refractivity contribution >= 4 is 0 Å². The highest BCUT2D eigenvalue weighted by Gasteiger charge is 2.38. The van der Waals surface area contributed by atoms with Gasteiger partial charge in [-0.05, 0) is 0 Å². The third-order valence-electron chi connectivity index (χ3n) is 0.415. The van der Waals surface area contributed by atoms with Crippen LogP contribution >= 0.6 is 0 Å². The maximum Gasteiger partial charge on any atom is 0.448 e. The zero-order valence-electron chi connectivity index (χ0n) is 4.18. The van der Waals surface area contributed by atoms with E-state index >= 15 is 0 Å². The molecule has 0 aromatic heterocycles. The average molecular weight is 166 g/mol. The van der Waals surface area contributed by atoms with Crippen molar-refractivity contribution in [3.8, 4) is 0 Å². The summed E-state index contributed by atoms with van der Waals surface area (Å²) in [5, 5.41) is 0. The normalized spacial score (nSPS) is 10.2. The molecule has 0 aromatic carbocycles. The van der Waals surface area contributed by atoms with Gasteiger partial charge >= 0.3 is 12.3 Å². The fraction of sp³-hybridized carbons (Fsp3) is 0.333. The first-order valence-electron chi connectivity index (χ1n) is 1.63. The lowest BCUT2D eigenvalue weighted by atomic mass is 10.6. The van der Waals surface area contributed by atoms with Crippen LogP contribution in [0, 0.1) is 0 Å². The number of rotatable bonds is 0. The second-order valence-electron chi connectivity index (χ2n) is 1.07. The minimum atomic E-state index is -5.56. The Bertz CT molecular complexity index is 130. The Hall–Kier alpha value is -0.720. The van der Waals surface area contributed by atoms with Crippen LogP contribution in [0.25, 0.3) is 0 Å². The molecule has 0 atom stereocenters. The predicted octanol–water partition coefficient (Wildman–Crippen LogP) is 2.51. The van der Waals surface area contributed by atoms with Gasteiger partial charge in [-0.15, -0.1) is 0 Å². The Morgan fingerprint density at radius 3 is 1.20 bits per heavy atom. The summed E-state index contributed by atoms with van der Waals surface area (Å²) in [6.45, 7) is 0. The molecule has 0 aliphatic heterocycles. The first-order chi connectivity index (χ1) is 3.85. The molecule has 0 N–H and O–H groups in total. The van der Waals surface area contributed by atoms with Crippen LogP contribution in [0.2, 0.25) is 0 Å². The molecule has 2 radical (unpaired) electrons. The number of halogens is 6. The van der Waals surface area contributed by atoms with Crippen LogP contribution in [0.5, 0.6) is 0 Å². The fourth-order valence-electron chi connectivity index (χ4n) is 0.107. The Morgan fingerprint density at radius 1 is 0.900 bits per heavy atom. The Morgan fingerprint density at radius 2 is 1.20 bits per heavy atom. The largest absolute Gasteiger partial charge is 0.448 e. The van der Waals surface area contributed by atoms with E-state index in [1.807, 2.05) is 0 Å². The molecule has 60 valence electrons. The predicted molar refractivity (Wildman–Crippen MR) is 17.1 cm³/mol. The maximum atomic E-state index is 11.0. The molecule has 10 heavy (non-hydrogen) atoms. The van der Waals surface area contributed by atoms with Crippen molar-refractivity contribution in [2.75, 3.05) is 0 Å². The number of allylic oxidation sites excluding steroid dienone is 1. The molecule has 1 nitrogen and oxygen atoms in total. The topological polar surface area (TPSA) is 28.5 Å². The van der Waals surface area contributed by atoms with Crippen molar-refractivity contribution in [2.45, 2.75) is 6.18 Å². The Labute approximate surface area is 51.3 Å². The standard InChI is InChI=1S/C3F6.O/c4-1(2(5)6)3(7,8)9;. The van der Waals surface area contributed by atoms with E-state index in [1.165, 1.54) is 0 Å². The summed E-state index contributed by atoms with van der Waals surface area (Å²) in [4.78, 5) is 0. The van der Waals surface area contributed by atoms with Gasteiger partial charge in [-0.2, -0.15) is 26.3 Å². The smallest absolute Gasteiger partial charge is 0.196 e. The zero-order valence-corrected chi connectivity index (χ0v) is 4.18. The van der Waals surface area contributed by atoms with Crippen LogP contribution in [0.4, 0.5) is 26.3 Å². The number of hydrogen-bond donors (Lipinski definition) is 0. The van der Waals surface area contributed by atoms with Gasteiger partial charge in [0.05, 0.1) is 0 Å². The van der Waals surface area contributed by atoms with Gasteiger partial charge in [0.25, 0.3) is 5.83 Å². The minimum absolute atomic E-state index is 0. The molecule has 0 amide bonds. The highest BCUT2D eigenvalue weighted by molar-refractivity contribution is 4.98. The van der Waals surface area contributed by atoms with Crippen molar-refractivity contribution in [2.24, 2.45) is 0 Å². The summed E-state index contributed by atoms with van der Waals surface area (Å²) in [5.74, 6) is -3.33. The lowest BCUT2D eigenvalue weighted by molar-refractivity contribution is -0.113. The van der Waals surface area contributed by atoms with E-state index in [-0.39, 0.29) is 5.48 Å². The van der Waals surface area contributed by atoms with Gasteiger partial charge in [-0.25, -0.2) is 0 Å². The maximum absolute atomic E-state index is 11.0. The molecule has 0 saturated heterocycles. The van der Waals surface area contributed by atoms with E-state index in [2.05, 4.69) is 0 Å².